The molecule has 0 saturated heterocycles. The number of hydrogen-bond donors (Lipinski definition) is 2. The number of para-hydroxylation sites is 2. The van der Waals surface area contributed by atoms with Crippen molar-refractivity contribution in [3.05, 3.63) is 59.6 Å². The van der Waals surface area contributed by atoms with Gasteiger partial charge in [0.15, 0.2) is 0 Å². The van der Waals surface area contributed by atoms with Crippen LogP contribution in [0.5, 0.6) is 5.75 Å². The Morgan fingerprint density at radius 3 is 2.61 bits per heavy atom. The molecule has 28 heavy (non-hydrogen) atoms. The molecule has 2 aromatic carbocycles. The van der Waals surface area contributed by atoms with Crippen molar-refractivity contribution in [2.75, 3.05) is 30.4 Å². The second-order valence-corrected chi connectivity index (χ2v) is 6.11. The molecule has 0 aliphatic heterocycles. The number of ether oxygens (including phenoxy) is 1. The number of carbonyl (C=O) groups excluding carboxylic acids is 1. The zero-order valence-electron chi connectivity index (χ0n) is 16.1. The summed E-state index contributed by atoms with van der Waals surface area (Å²) in [6, 6.07) is 14.4. The van der Waals surface area contributed by atoms with E-state index in [1.54, 1.807) is 24.3 Å². The number of anilines is 2. The minimum absolute atomic E-state index is 0.122. The van der Waals surface area contributed by atoms with Crippen LogP contribution >= 0.6 is 0 Å². The van der Waals surface area contributed by atoms with Gasteiger partial charge in [0.2, 0.25) is 0 Å². The Labute approximate surface area is 162 Å². The monoisotopic (exact) mass is 381 g/mol. The summed E-state index contributed by atoms with van der Waals surface area (Å²) in [6.07, 6.45) is 0. The molecule has 3 aromatic rings. The fourth-order valence-corrected chi connectivity index (χ4v) is 3.07. The molecular weight excluding hydrogens is 358 g/mol. The van der Waals surface area contributed by atoms with Gasteiger partial charge in [-0.1, -0.05) is 12.1 Å². The Morgan fingerprint density at radius 2 is 1.93 bits per heavy atom. The summed E-state index contributed by atoms with van der Waals surface area (Å²) in [5, 5.41) is 16.0. The summed E-state index contributed by atoms with van der Waals surface area (Å²) in [6.45, 7) is 5.87. The number of hydrogen-bond acceptors (Lipinski definition) is 6. The van der Waals surface area contributed by atoms with Gasteiger partial charge in [-0.3, -0.25) is 4.79 Å². The lowest BCUT2D eigenvalue weighted by atomic mass is 10.1. The quantitative estimate of drug-likeness (QED) is 0.500. The molecule has 0 bridgehead atoms. The molecule has 0 fully saturated rings. The Bertz CT molecular complexity index is 1050. The Kier molecular flexibility index (Phi) is 5.84. The van der Waals surface area contributed by atoms with Crippen LogP contribution in [0.3, 0.4) is 0 Å². The molecule has 1 heterocycles. The predicted molar refractivity (Wildman–Crippen MR) is 108 cm³/mol. The Morgan fingerprint density at radius 1 is 1.18 bits per heavy atom. The van der Waals surface area contributed by atoms with Crippen LogP contribution in [-0.2, 0) is 0 Å². The van der Waals surface area contributed by atoms with Crippen molar-refractivity contribution in [1.29, 1.82) is 0 Å². The molecule has 0 atom stereocenters. The molecule has 0 spiro atoms. The molecule has 1 amide bonds. The van der Waals surface area contributed by atoms with Gasteiger partial charge in [0.05, 0.1) is 12.8 Å². The number of nitrogens with zero attached hydrogens (tertiary/aromatic N) is 2. The van der Waals surface area contributed by atoms with Gasteiger partial charge in [0.1, 0.15) is 16.9 Å². The second-order valence-electron chi connectivity index (χ2n) is 6.11. The molecule has 2 N–H and O–H groups in total. The van der Waals surface area contributed by atoms with Crippen molar-refractivity contribution >= 4 is 28.3 Å². The molecule has 146 valence electrons. The van der Waals surface area contributed by atoms with Gasteiger partial charge >= 0.3 is 0 Å². The molecule has 7 nitrogen and oxygen atoms in total. The number of carbonyl (C=O) groups is 1. The van der Waals surface area contributed by atoms with Crippen LogP contribution < -0.4 is 20.5 Å². The van der Waals surface area contributed by atoms with Crippen molar-refractivity contribution in [1.82, 2.24) is 0 Å². The number of rotatable bonds is 6. The first-order valence-electron chi connectivity index (χ1n) is 9.06. The zero-order chi connectivity index (χ0) is 20.1. The SMILES string of the molecule is CCN(CC)c1ccc2cc(C(=O)Nc3ccccc3OC)/c(=N/O)oc2c1. The highest BCUT2D eigenvalue weighted by atomic mass is 16.5. The van der Waals surface area contributed by atoms with Gasteiger partial charge in [0.25, 0.3) is 11.5 Å². The van der Waals surface area contributed by atoms with E-state index < -0.39 is 5.91 Å². The molecule has 7 heteroatoms. The van der Waals surface area contributed by atoms with Crippen LogP contribution in [0.25, 0.3) is 11.0 Å². The molecule has 3 rings (SSSR count). The van der Waals surface area contributed by atoms with Crippen molar-refractivity contribution in [2.24, 2.45) is 5.16 Å². The van der Waals surface area contributed by atoms with Crippen LogP contribution in [-0.4, -0.2) is 31.3 Å². The summed E-state index contributed by atoms with van der Waals surface area (Å²) >= 11 is 0. The van der Waals surface area contributed by atoms with Crippen molar-refractivity contribution in [3.63, 3.8) is 0 Å². The van der Waals surface area contributed by atoms with E-state index in [1.165, 1.54) is 7.11 Å². The van der Waals surface area contributed by atoms with E-state index in [9.17, 15) is 10.0 Å². The molecular formula is C21H23N3O4. The maximum Gasteiger partial charge on any atom is 0.268 e. The van der Waals surface area contributed by atoms with Crippen LogP contribution in [0.2, 0.25) is 0 Å². The third-order valence-electron chi connectivity index (χ3n) is 4.55. The van der Waals surface area contributed by atoms with Gasteiger partial charge in [0, 0.05) is 30.2 Å². The highest BCUT2D eigenvalue weighted by Gasteiger charge is 2.15. The van der Waals surface area contributed by atoms with Crippen molar-refractivity contribution < 1.29 is 19.2 Å². The van der Waals surface area contributed by atoms with Crippen molar-refractivity contribution in [2.45, 2.75) is 13.8 Å². The first kappa shape index (κ1) is 19.3. The maximum atomic E-state index is 12.8. The van der Waals surface area contributed by atoms with E-state index >= 15 is 0 Å². The molecule has 0 unspecified atom stereocenters. The summed E-state index contributed by atoms with van der Waals surface area (Å²) in [5.41, 5.74) is 2.01. The lowest BCUT2D eigenvalue weighted by Gasteiger charge is -2.21. The number of amides is 1. The molecule has 0 saturated carbocycles. The first-order chi connectivity index (χ1) is 13.6. The van der Waals surface area contributed by atoms with Crippen LogP contribution in [0.15, 0.2) is 58.1 Å². The number of methoxy groups -OCH3 is 1. The molecule has 0 aliphatic carbocycles. The third kappa shape index (κ3) is 3.78. The van der Waals surface area contributed by atoms with Crippen LogP contribution in [0.4, 0.5) is 11.4 Å². The van der Waals surface area contributed by atoms with E-state index in [2.05, 4.69) is 29.2 Å². The van der Waals surface area contributed by atoms with E-state index in [0.717, 1.165) is 24.2 Å². The number of nitrogens with one attached hydrogen (secondary N) is 1. The van der Waals surface area contributed by atoms with E-state index in [-0.39, 0.29) is 11.1 Å². The van der Waals surface area contributed by atoms with E-state index in [0.29, 0.717) is 17.0 Å². The highest BCUT2D eigenvalue weighted by Crippen LogP contribution is 2.25. The highest BCUT2D eigenvalue weighted by molar-refractivity contribution is 6.06. The third-order valence-corrected chi connectivity index (χ3v) is 4.55. The van der Waals surface area contributed by atoms with Gasteiger partial charge in [-0.15, -0.1) is 0 Å². The minimum atomic E-state index is -0.462. The number of benzene rings is 2. The lowest BCUT2D eigenvalue weighted by molar-refractivity contribution is 0.102. The van der Waals surface area contributed by atoms with Crippen LogP contribution in [0.1, 0.15) is 24.2 Å². The first-order valence-corrected chi connectivity index (χ1v) is 9.06. The average Bonchev–Trinajstić information content (AvgIpc) is 2.73. The fourth-order valence-electron chi connectivity index (χ4n) is 3.07. The molecule has 0 radical (unpaired) electrons. The van der Waals surface area contributed by atoms with Gasteiger partial charge in [-0.25, -0.2) is 0 Å². The summed E-state index contributed by atoms with van der Waals surface area (Å²) in [5.74, 6) is 0.0655. The predicted octanol–water partition coefficient (Wildman–Crippen LogP) is 3.83. The molecule has 1 aromatic heterocycles. The fraction of sp³-hybridized carbons (Fsp3) is 0.238. The normalized spacial score (nSPS) is 11.5. The standard InChI is InChI=1S/C21H23N3O4/c1-4-24(5-2)15-11-10-14-12-16(21(23-26)28-19(14)13-15)20(25)22-17-8-6-7-9-18(17)27-3/h6-13,26H,4-5H2,1-3H3,(H,22,25)/b23-21-. The maximum absolute atomic E-state index is 12.8. The summed E-state index contributed by atoms with van der Waals surface area (Å²) < 4.78 is 11.0. The Hall–Kier alpha value is -3.48. The van der Waals surface area contributed by atoms with Crippen LogP contribution in [0, 0.1) is 0 Å². The summed E-state index contributed by atoms with van der Waals surface area (Å²) in [4.78, 5) is 14.9. The largest absolute Gasteiger partial charge is 0.495 e. The van der Waals surface area contributed by atoms with Gasteiger partial charge in [-0.2, -0.15) is 0 Å². The Balaban J connectivity index is 2.01. The topological polar surface area (TPSA) is 87.3 Å². The zero-order valence-corrected chi connectivity index (χ0v) is 16.1. The second kappa shape index (κ2) is 8.47. The summed E-state index contributed by atoms with van der Waals surface area (Å²) in [7, 11) is 1.53. The average molecular weight is 381 g/mol. The number of fused-ring (bicyclic) bond motifs is 1. The van der Waals surface area contributed by atoms with E-state index in [1.807, 2.05) is 24.3 Å². The molecule has 0 aliphatic rings. The van der Waals surface area contributed by atoms with Crippen molar-refractivity contribution in [3.8, 4) is 5.75 Å². The van der Waals surface area contributed by atoms with Gasteiger partial charge in [-0.05, 0) is 49.3 Å². The smallest absolute Gasteiger partial charge is 0.268 e. The lowest BCUT2D eigenvalue weighted by Crippen LogP contribution is -2.23. The minimum Gasteiger partial charge on any atom is -0.495 e. The van der Waals surface area contributed by atoms with Gasteiger partial charge < -0.3 is 24.6 Å². The van der Waals surface area contributed by atoms with E-state index in [4.69, 9.17) is 9.15 Å².